The van der Waals surface area contributed by atoms with Gasteiger partial charge in [-0.05, 0) is 41.8 Å². The Morgan fingerprint density at radius 2 is 2.10 bits per heavy atom. The lowest BCUT2D eigenvalue weighted by atomic mass is 10.3. The van der Waals surface area contributed by atoms with Gasteiger partial charge >= 0.3 is 0 Å². The van der Waals surface area contributed by atoms with Gasteiger partial charge in [-0.1, -0.05) is 29.3 Å². The third kappa shape index (κ3) is 4.79. The lowest BCUT2D eigenvalue weighted by Crippen LogP contribution is -2.22. The van der Waals surface area contributed by atoms with E-state index in [4.69, 9.17) is 27.9 Å². The second-order valence-electron chi connectivity index (χ2n) is 6.10. The minimum atomic E-state index is -0.405. The average molecular weight is 460 g/mol. The third-order valence-corrected chi connectivity index (χ3v) is 5.42. The zero-order chi connectivity index (χ0) is 20.9. The van der Waals surface area contributed by atoms with Crippen molar-refractivity contribution in [3.05, 3.63) is 75.2 Å². The van der Waals surface area contributed by atoms with Crippen LogP contribution in [0.25, 0.3) is 11.4 Å². The van der Waals surface area contributed by atoms with Gasteiger partial charge in [-0.25, -0.2) is 0 Å². The fourth-order valence-corrected chi connectivity index (χ4v) is 3.70. The number of ether oxygens (including phenoxy) is 1. The molecule has 0 fully saturated rings. The quantitative estimate of drug-likeness (QED) is 0.416. The second kappa shape index (κ2) is 9.25. The van der Waals surface area contributed by atoms with E-state index in [2.05, 4.69) is 20.4 Å². The third-order valence-electron chi connectivity index (χ3n) is 4.01. The van der Waals surface area contributed by atoms with Crippen molar-refractivity contribution in [2.45, 2.75) is 6.54 Å². The number of thiophene rings is 1. The molecule has 4 aromatic rings. The van der Waals surface area contributed by atoms with Crippen LogP contribution in [-0.2, 0) is 6.54 Å². The highest BCUT2D eigenvalue weighted by Crippen LogP contribution is 2.27. The molecule has 0 amide bonds. The minimum absolute atomic E-state index is 0.273. The molecule has 0 unspecified atom stereocenters. The van der Waals surface area contributed by atoms with Crippen LogP contribution < -0.4 is 10.1 Å². The largest absolute Gasteiger partial charge is 0.482 e. The number of carbonyl (C=O) groups is 1. The summed E-state index contributed by atoms with van der Waals surface area (Å²) in [7, 11) is 0. The Morgan fingerprint density at radius 1 is 1.20 bits per heavy atom. The van der Waals surface area contributed by atoms with Crippen LogP contribution in [0, 0.1) is 0 Å². The molecule has 3 heterocycles. The lowest BCUT2D eigenvalue weighted by molar-refractivity contribution is 0.0824. The van der Waals surface area contributed by atoms with Crippen LogP contribution in [0.15, 0.2) is 60.2 Å². The maximum Gasteiger partial charge on any atom is 0.287 e. The summed E-state index contributed by atoms with van der Waals surface area (Å²) in [5.74, 6) is 0.653. The standard InChI is InChI=1S/C20H15Cl2N5O2S/c21-14-5-6-17(16(22)9-14)29-12-18(28)27-20(24-11-15-4-2-8-30-15)25-19(26-27)13-3-1-7-23-10-13/h1-10H,11-12H2,(H,24,25,26). The molecule has 152 valence electrons. The van der Waals surface area contributed by atoms with E-state index in [0.717, 1.165) is 4.88 Å². The molecule has 0 radical (unpaired) electrons. The summed E-state index contributed by atoms with van der Waals surface area (Å²) in [5, 5.41) is 10.3. The predicted octanol–water partition coefficient (Wildman–Crippen LogP) is 5.04. The van der Waals surface area contributed by atoms with Crippen molar-refractivity contribution in [1.82, 2.24) is 19.7 Å². The number of rotatable bonds is 7. The first-order valence-electron chi connectivity index (χ1n) is 8.85. The van der Waals surface area contributed by atoms with Gasteiger partial charge in [0, 0.05) is 27.9 Å². The van der Waals surface area contributed by atoms with E-state index in [9.17, 15) is 4.79 Å². The average Bonchev–Trinajstić information content (AvgIpc) is 3.42. The Bertz CT molecular complexity index is 1150. The lowest BCUT2D eigenvalue weighted by Gasteiger charge is -2.09. The number of hydrogen-bond donors (Lipinski definition) is 1. The van der Waals surface area contributed by atoms with Crippen LogP contribution in [0.1, 0.15) is 9.67 Å². The Morgan fingerprint density at radius 3 is 2.83 bits per heavy atom. The highest BCUT2D eigenvalue weighted by Gasteiger charge is 2.18. The Balaban J connectivity index is 1.56. The van der Waals surface area contributed by atoms with Crippen molar-refractivity contribution < 1.29 is 9.53 Å². The van der Waals surface area contributed by atoms with Crippen LogP contribution in [0.5, 0.6) is 5.75 Å². The molecule has 7 nitrogen and oxygen atoms in total. The van der Waals surface area contributed by atoms with Crippen molar-refractivity contribution in [2.24, 2.45) is 0 Å². The van der Waals surface area contributed by atoms with Crippen LogP contribution in [0.4, 0.5) is 5.95 Å². The number of pyridine rings is 1. The predicted molar refractivity (Wildman–Crippen MR) is 117 cm³/mol. The monoisotopic (exact) mass is 459 g/mol. The maximum atomic E-state index is 12.8. The summed E-state index contributed by atoms with van der Waals surface area (Å²) in [4.78, 5) is 22.5. The first-order chi connectivity index (χ1) is 14.6. The molecule has 0 aliphatic rings. The highest BCUT2D eigenvalue weighted by molar-refractivity contribution is 7.09. The zero-order valence-electron chi connectivity index (χ0n) is 15.5. The van der Waals surface area contributed by atoms with E-state index < -0.39 is 5.91 Å². The van der Waals surface area contributed by atoms with Crippen LogP contribution in [-0.4, -0.2) is 32.3 Å². The van der Waals surface area contributed by atoms with Crippen molar-refractivity contribution in [3.8, 4) is 17.1 Å². The van der Waals surface area contributed by atoms with Gasteiger partial charge in [-0.15, -0.1) is 16.4 Å². The second-order valence-corrected chi connectivity index (χ2v) is 7.98. The molecule has 1 aromatic carbocycles. The normalized spacial score (nSPS) is 10.7. The molecule has 0 aliphatic heterocycles. The van der Waals surface area contributed by atoms with Crippen molar-refractivity contribution in [3.63, 3.8) is 0 Å². The summed E-state index contributed by atoms with van der Waals surface area (Å²) < 4.78 is 6.76. The van der Waals surface area contributed by atoms with Gasteiger partial charge in [-0.2, -0.15) is 9.67 Å². The number of halogens is 2. The zero-order valence-corrected chi connectivity index (χ0v) is 17.8. The van der Waals surface area contributed by atoms with Gasteiger partial charge in [0.2, 0.25) is 5.95 Å². The van der Waals surface area contributed by atoms with Gasteiger partial charge < -0.3 is 10.1 Å². The number of nitrogens with zero attached hydrogens (tertiary/aromatic N) is 4. The summed E-state index contributed by atoms with van der Waals surface area (Å²) in [6, 6.07) is 12.4. The minimum Gasteiger partial charge on any atom is -0.482 e. The Labute approximate surface area is 186 Å². The summed E-state index contributed by atoms with van der Waals surface area (Å²) >= 11 is 13.6. The van der Waals surface area contributed by atoms with Crippen molar-refractivity contribution in [2.75, 3.05) is 11.9 Å². The van der Waals surface area contributed by atoms with Crippen LogP contribution in [0.2, 0.25) is 10.0 Å². The topological polar surface area (TPSA) is 81.9 Å². The fourth-order valence-electron chi connectivity index (χ4n) is 2.59. The maximum absolute atomic E-state index is 12.8. The summed E-state index contributed by atoms with van der Waals surface area (Å²) in [5.41, 5.74) is 0.699. The van der Waals surface area contributed by atoms with E-state index in [-0.39, 0.29) is 6.61 Å². The number of hydrogen-bond acceptors (Lipinski definition) is 7. The highest BCUT2D eigenvalue weighted by atomic mass is 35.5. The Kier molecular flexibility index (Phi) is 6.27. The number of aromatic nitrogens is 4. The smallest absolute Gasteiger partial charge is 0.287 e. The van der Waals surface area contributed by atoms with Gasteiger partial charge in [0.05, 0.1) is 11.6 Å². The van der Waals surface area contributed by atoms with Crippen molar-refractivity contribution >= 4 is 46.4 Å². The molecule has 0 saturated heterocycles. The molecule has 30 heavy (non-hydrogen) atoms. The van der Waals surface area contributed by atoms with Crippen LogP contribution >= 0.6 is 34.5 Å². The summed E-state index contributed by atoms with van der Waals surface area (Å²) in [6.07, 6.45) is 3.29. The molecule has 10 heteroatoms. The van der Waals surface area contributed by atoms with E-state index in [1.807, 2.05) is 23.6 Å². The Hall–Kier alpha value is -2.94. The molecular weight excluding hydrogens is 445 g/mol. The number of anilines is 1. The van der Waals surface area contributed by atoms with E-state index in [1.54, 1.807) is 48.0 Å². The molecule has 0 spiro atoms. The van der Waals surface area contributed by atoms with Gasteiger partial charge in [0.1, 0.15) is 5.75 Å². The number of carbonyl (C=O) groups excluding carboxylic acids is 1. The molecule has 0 saturated carbocycles. The van der Waals surface area contributed by atoms with E-state index in [0.29, 0.717) is 39.7 Å². The SMILES string of the molecule is O=C(COc1ccc(Cl)cc1Cl)n1nc(-c2cccnc2)nc1NCc1cccs1. The molecule has 0 bridgehead atoms. The van der Waals surface area contributed by atoms with Crippen molar-refractivity contribution in [1.29, 1.82) is 0 Å². The number of nitrogens with one attached hydrogen (secondary N) is 1. The van der Waals surface area contributed by atoms with E-state index >= 15 is 0 Å². The fraction of sp³-hybridized carbons (Fsp3) is 0.100. The molecular formula is C20H15Cl2N5O2S. The molecule has 4 rings (SSSR count). The number of benzene rings is 1. The van der Waals surface area contributed by atoms with E-state index in [1.165, 1.54) is 4.68 Å². The van der Waals surface area contributed by atoms with Gasteiger partial charge in [-0.3, -0.25) is 9.78 Å². The molecule has 3 aromatic heterocycles. The first-order valence-corrected chi connectivity index (χ1v) is 10.5. The first kappa shape index (κ1) is 20.3. The van der Waals surface area contributed by atoms with Gasteiger partial charge in [0.15, 0.2) is 12.4 Å². The summed E-state index contributed by atoms with van der Waals surface area (Å²) in [6.45, 7) is 0.241. The van der Waals surface area contributed by atoms with Crippen LogP contribution in [0.3, 0.4) is 0 Å². The molecule has 0 atom stereocenters. The molecule has 0 aliphatic carbocycles. The van der Waals surface area contributed by atoms with Gasteiger partial charge in [0.25, 0.3) is 5.91 Å². The molecule has 1 N–H and O–H groups in total.